The number of benzene rings is 1. The minimum Gasteiger partial charge on any atom is -0.489 e. The van der Waals surface area contributed by atoms with Crippen molar-refractivity contribution in [3.8, 4) is 5.75 Å². The Labute approximate surface area is 233 Å². The molecule has 40 heavy (non-hydrogen) atoms. The standard InChI is InChI=1S/C30H42O10/c1-17(12-14-37-19-8-6-18-7-10-24(32)38-20(18)15-19)5-9-22-29(2,3)23(11-13-30(22,4)36)40-28-27(35)26(34)25(33)21(16-31)39-28/h6-8,10,12,15,21-23,25-28,31,33-36H,5,9,11,13-14,16H2,1-4H3. The molecule has 0 spiro atoms. The van der Waals surface area contributed by atoms with Crippen molar-refractivity contribution >= 4 is 11.0 Å². The van der Waals surface area contributed by atoms with E-state index in [-0.39, 0.29) is 5.92 Å². The van der Waals surface area contributed by atoms with Gasteiger partial charge in [-0.2, -0.15) is 0 Å². The third kappa shape index (κ3) is 6.60. The van der Waals surface area contributed by atoms with E-state index < -0.39 is 60.1 Å². The van der Waals surface area contributed by atoms with Crippen LogP contribution < -0.4 is 10.4 Å². The molecule has 2 aliphatic rings. The van der Waals surface area contributed by atoms with Crippen LogP contribution >= 0.6 is 0 Å². The summed E-state index contributed by atoms with van der Waals surface area (Å²) in [6, 6.07) is 8.43. The summed E-state index contributed by atoms with van der Waals surface area (Å²) in [6.07, 6.45) is -2.73. The normalized spacial score (nSPS) is 34.6. The third-order valence-corrected chi connectivity index (χ3v) is 8.64. The Morgan fingerprint density at radius 3 is 2.55 bits per heavy atom. The average molecular weight is 563 g/mol. The summed E-state index contributed by atoms with van der Waals surface area (Å²) in [4.78, 5) is 11.5. The van der Waals surface area contributed by atoms with Crippen LogP contribution in [0.1, 0.15) is 53.4 Å². The molecule has 2 aromatic rings. The predicted octanol–water partition coefficient (Wildman–Crippen LogP) is 2.27. The van der Waals surface area contributed by atoms with Gasteiger partial charge in [-0.3, -0.25) is 0 Å². The Morgan fingerprint density at radius 2 is 1.82 bits per heavy atom. The summed E-state index contributed by atoms with van der Waals surface area (Å²) in [6.45, 7) is 7.68. The second-order valence-electron chi connectivity index (χ2n) is 11.9. The van der Waals surface area contributed by atoms with Gasteiger partial charge in [0.1, 0.15) is 42.4 Å². The molecule has 222 valence electrons. The molecule has 0 amide bonds. The Balaban J connectivity index is 1.37. The summed E-state index contributed by atoms with van der Waals surface area (Å²) in [5.41, 5.74) is -0.316. The SMILES string of the molecule is CC(=CCOc1ccc2ccc(=O)oc2c1)CCC1C(C)(O)CCC(OC2OC(CO)C(O)C(O)C2O)C1(C)C. The van der Waals surface area contributed by atoms with E-state index in [1.165, 1.54) is 6.07 Å². The molecule has 5 N–H and O–H groups in total. The van der Waals surface area contributed by atoms with Crippen LogP contribution in [0.3, 0.4) is 0 Å². The first-order valence-corrected chi connectivity index (χ1v) is 13.8. The number of hydrogen-bond donors (Lipinski definition) is 5. The first-order valence-electron chi connectivity index (χ1n) is 13.8. The van der Waals surface area contributed by atoms with Gasteiger partial charge in [-0.15, -0.1) is 0 Å². The van der Waals surface area contributed by atoms with E-state index in [0.29, 0.717) is 43.6 Å². The van der Waals surface area contributed by atoms with Crippen LogP contribution in [-0.2, 0) is 9.47 Å². The number of aliphatic hydroxyl groups excluding tert-OH is 4. The van der Waals surface area contributed by atoms with Crippen molar-refractivity contribution in [1.82, 2.24) is 0 Å². The lowest BCUT2D eigenvalue weighted by Crippen LogP contribution is -2.61. The van der Waals surface area contributed by atoms with Gasteiger partial charge in [-0.25, -0.2) is 4.79 Å². The smallest absolute Gasteiger partial charge is 0.336 e. The summed E-state index contributed by atoms with van der Waals surface area (Å²) < 4.78 is 22.8. The van der Waals surface area contributed by atoms with Crippen LogP contribution in [0.25, 0.3) is 11.0 Å². The monoisotopic (exact) mass is 562 g/mol. The molecule has 2 fully saturated rings. The number of hydrogen-bond acceptors (Lipinski definition) is 10. The lowest BCUT2D eigenvalue weighted by molar-refractivity contribution is -0.327. The van der Waals surface area contributed by atoms with E-state index in [0.717, 1.165) is 11.0 Å². The molecule has 8 unspecified atom stereocenters. The lowest BCUT2D eigenvalue weighted by atomic mass is 9.59. The molecule has 10 nitrogen and oxygen atoms in total. The molecule has 1 saturated carbocycles. The molecule has 1 aliphatic heterocycles. The van der Waals surface area contributed by atoms with Crippen molar-refractivity contribution < 1.29 is 44.2 Å². The van der Waals surface area contributed by atoms with Gasteiger partial charge in [-0.05, 0) is 75.1 Å². The third-order valence-electron chi connectivity index (χ3n) is 8.64. The Hall–Kier alpha value is -2.31. The van der Waals surface area contributed by atoms with E-state index >= 15 is 0 Å². The molecule has 0 bridgehead atoms. The van der Waals surface area contributed by atoms with Gasteiger partial charge in [0.25, 0.3) is 0 Å². The highest BCUT2D eigenvalue weighted by Gasteiger charge is 2.53. The van der Waals surface area contributed by atoms with Crippen molar-refractivity contribution in [2.24, 2.45) is 11.3 Å². The summed E-state index contributed by atoms with van der Waals surface area (Å²) in [5, 5.41) is 52.4. The molecule has 2 heterocycles. The highest BCUT2D eigenvalue weighted by atomic mass is 16.7. The van der Waals surface area contributed by atoms with Gasteiger partial charge in [-0.1, -0.05) is 19.4 Å². The van der Waals surface area contributed by atoms with Crippen LogP contribution in [-0.4, -0.2) is 81.2 Å². The fourth-order valence-electron chi connectivity index (χ4n) is 6.15. The summed E-state index contributed by atoms with van der Waals surface area (Å²) >= 11 is 0. The van der Waals surface area contributed by atoms with Gasteiger partial charge >= 0.3 is 5.63 Å². The zero-order valence-electron chi connectivity index (χ0n) is 23.5. The average Bonchev–Trinajstić information content (AvgIpc) is 2.89. The maximum atomic E-state index is 11.5. The van der Waals surface area contributed by atoms with Gasteiger partial charge in [0, 0.05) is 17.5 Å². The number of allylic oxidation sites excluding steroid dienone is 1. The van der Waals surface area contributed by atoms with Gasteiger partial charge in [0.2, 0.25) is 0 Å². The first-order chi connectivity index (χ1) is 18.8. The molecular weight excluding hydrogens is 520 g/mol. The molecule has 8 atom stereocenters. The van der Waals surface area contributed by atoms with Gasteiger partial charge in [0.05, 0.1) is 18.3 Å². The predicted molar refractivity (Wildman–Crippen MR) is 147 cm³/mol. The second kappa shape index (κ2) is 12.3. The van der Waals surface area contributed by atoms with E-state index in [2.05, 4.69) is 0 Å². The Kier molecular flexibility index (Phi) is 9.41. The fourth-order valence-corrected chi connectivity index (χ4v) is 6.15. The number of aliphatic hydroxyl groups is 5. The van der Waals surface area contributed by atoms with Gasteiger partial charge in [0.15, 0.2) is 6.29 Å². The van der Waals surface area contributed by atoms with E-state index in [9.17, 15) is 30.3 Å². The van der Waals surface area contributed by atoms with Crippen LogP contribution in [0.4, 0.5) is 0 Å². The zero-order chi connectivity index (χ0) is 29.2. The Bertz CT molecular complexity index is 1230. The molecule has 10 heteroatoms. The molecular formula is C30H42O10. The minimum atomic E-state index is -1.51. The van der Waals surface area contributed by atoms with Crippen molar-refractivity contribution in [2.75, 3.05) is 13.2 Å². The molecule has 1 aromatic heterocycles. The minimum absolute atomic E-state index is 0.156. The van der Waals surface area contributed by atoms with Crippen molar-refractivity contribution in [3.63, 3.8) is 0 Å². The van der Waals surface area contributed by atoms with E-state index in [4.69, 9.17) is 18.6 Å². The molecule has 0 radical (unpaired) electrons. The lowest BCUT2D eigenvalue weighted by Gasteiger charge is -2.53. The maximum absolute atomic E-state index is 11.5. The van der Waals surface area contributed by atoms with Crippen molar-refractivity contribution in [2.45, 2.75) is 95.8 Å². The highest BCUT2D eigenvalue weighted by molar-refractivity contribution is 5.77. The number of fused-ring (bicyclic) bond motifs is 1. The van der Waals surface area contributed by atoms with Crippen LogP contribution in [0.15, 0.2) is 51.2 Å². The van der Waals surface area contributed by atoms with E-state index in [1.54, 1.807) is 12.1 Å². The summed E-state index contributed by atoms with van der Waals surface area (Å²) in [5.74, 6) is 0.437. The molecule has 1 aromatic carbocycles. The van der Waals surface area contributed by atoms with Gasteiger partial charge < -0.3 is 44.2 Å². The molecule has 1 aliphatic carbocycles. The maximum Gasteiger partial charge on any atom is 0.336 e. The van der Waals surface area contributed by atoms with E-state index in [1.807, 2.05) is 45.9 Å². The fraction of sp³-hybridized carbons (Fsp3) is 0.633. The van der Waals surface area contributed by atoms with Crippen LogP contribution in [0.2, 0.25) is 0 Å². The highest BCUT2D eigenvalue weighted by Crippen LogP contribution is 2.50. The topological polar surface area (TPSA) is 159 Å². The van der Waals surface area contributed by atoms with Crippen molar-refractivity contribution in [1.29, 1.82) is 0 Å². The van der Waals surface area contributed by atoms with Crippen LogP contribution in [0.5, 0.6) is 5.75 Å². The molecule has 4 rings (SSSR count). The number of ether oxygens (including phenoxy) is 3. The van der Waals surface area contributed by atoms with Crippen molar-refractivity contribution in [3.05, 3.63) is 52.4 Å². The molecule has 1 saturated heterocycles. The quantitative estimate of drug-likeness (QED) is 0.227. The summed E-state index contributed by atoms with van der Waals surface area (Å²) in [7, 11) is 0. The second-order valence-corrected chi connectivity index (χ2v) is 11.9. The number of rotatable bonds is 9. The first kappa shape index (κ1) is 30.6. The zero-order valence-corrected chi connectivity index (χ0v) is 23.5. The van der Waals surface area contributed by atoms with Crippen LogP contribution in [0, 0.1) is 11.3 Å². The Morgan fingerprint density at radius 1 is 1.10 bits per heavy atom. The largest absolute Gasteiger partial charge is 0.489 e.